The first-order valence-corrected chi connectivity index (χ1v) is 9.49. The minimum absolute atomic E-state index is 0.114. The third kappa shape index (κ3) is 3.49. The second kappa shape index (κ2) is 7.16. The van der Waals surface area contributed by atoms with E-state index in [4.69, 9.17) is 0 Å². The fourth-order valence-corrected chi connectivity index (χ4v) is 4.27. The van der Waals surface area contributed by atoms with Crippen molar-refractivity contribution in [3.05, 3.63) is 41.6 Å². The quantitative estimate of drug-likeness (QED) is 0.902. The van der Waals surface area contributed by atoms with E-state index in [1.165, 1.54) is 22.9 Å². The van der Waals surface area contributed by atoms with E-state index < -0.39 is 0 Å². The van der Waals surface area contributed by atoms with Crippen LogP contribution < -0.4 is 5.32 Å². The van der Waals surface area contributed by atoms with E-state index in [0.29, 0.717) is 18.3 Å². The van der Waals surface area contributed by atoms with Gasteiger partial charge in [0.05, 0.1) is 5.52 Å². The molecular formula is C21H26N4O. The van der Waals surface area contributed by atoms with E-state index in [2.05, 4.69) is 45.3 Å². The monoisotopic (exact) mass is 350 g/mol. The fraction of sp³-hybridized carbons (Fsp3) is 0.476. The van der Waals surface area contributed by atoms with Crippen molar-refractivity contribution in [1.82, 2.24) is 15.2 Å². The minimum atomic E-state index is 0.114. The zero-order valence-corrected chi connectivity index (χ0v) is 15.5. The highest BCUT2D eigenvalue weighted by molar-refractivity contribution is 5.92. The lowest BCUT2D eigenvalue weighted by atomic mass is 9.83. The number of carbonyl (C=O) groups is 1. The van der Waals surface area contributed by atoms with E-state index in [0.717, 1.165) is 25.2 Å². The first-order chi connectivity index (χ1) is 12.7. The number of amides is 1. The number of aromatic nitrogens is 1. The lowest BCUT2D eigenvalue weighted by Gasteiger charge is -2.37. The summed E-state index contributed by atoms with van der Waals surface area (Å²) in [5.41, 5.74) is 3.68. The van der Waals surface area contributed by atoms with Crippen LogP contribution in [0.4, 0.5) is 0 Å². The molecule has 136 valence electrons. The average molecular weight is 350 g/mol. The van der Waals surface area contributed by atoms with Crippen molar-refractivity contribution in [2.75, 3.05) is 26.7 Å². The number of aliphatic imine (C=N–C) groups is 1. The molecule has 5 heteroatoms. The SMILES string of the molecule is CNC(=O)CCN1CC(C)CC(c2ccc(C3C=N3)c3ncccc23)C1. The Morgan fingerprint density at radius 3 is 2.85 bits per heavy atom. The van der Waals surface area contributed by atoms with Crippen molar-refractivity contribution in [2.45, 2.75) is 31.7 Å². The highest BCUT2D eigenvalue weighted by Gasteiger charge is 2.28. The third-order valence-corrected chi connectivity index (χ3v) is 5.56. The van der Waals surface area contributed by atoms with Crippen molar-refractivity contribution in [3.8, 4) is 0 Å². The highest BCUT2D eigenvalue weighted by Crippen LogP contribution is 2.37. The maximum absolute atomic E-state index is 11.6. The van der Waals surface area contributed by atoms with Crippen molar-refractivity contribution in [3.63, 3.8) is 0 Å². The van der Waals surface area contributed by atoms with Crippen LogP contribution in [0.3, 0.4) is 0 Å². The van der Waals surface area contributed by atoms with Crippen LogP contribution >= 0.6 is 0 Å². The van der Waals surface area contributed by atoms with Crippen LogP contribution in [0.5, 0.6) is 0 Å². The summed E-state index contributed by atoms with van der Waals surface area (Å²) in [6, 6.07) is 8.92. The Morgan fingerprint density at radius 2 is 2.08 bits per heavy atom. The normalized spacial score (nSPS) is 25.4. The molecule has 0 bridgehead atoms. The number of rotatable bonds is 5. The molecule has 0 saturated carbocycles. The van der Waals surface area contributed by atoms with E-state index in [-0.39, 0.29) is 11.9 Å². The molecule has 4 rings (SSSR count). The third-order valence-electron chi connectivity index (χ3n) is 5.56. The topological polar surface area (TPSA) is 57.6 Å². The van der Waals surface area contributed by atoms with Gasteiger partial charge in [-0.25, -0.2) is 0 Å². The van der Waals surface area contributed by atoms with Gasteiger partial charge in [0.1, 0.15) is 6.04 Å². The molecule has 1 aromatic heterocycles. The Balaban J connectivity index is 1.60. The lowest BCUT2D eigenvalue weighted by Crippen LogP contribution is -2.40. The largest absolute Gasteiger partial charge is 0.359 e. The number of nitrogens with zero attached hydrogens (tertiary/aromatic N) is 3. The molecule has 1 aromatic carbocycles. The number of nitrogens with one attached hydrogen (secondary N) is 1. The number of hydrogen-bond donors (Lipinski definition) is 1. The van der Waals surface area contributed by atoms with Crippen LogP contribution in [0.25, 0.3) is 10.9 Å². The zero-order valence-electron chi connectivity index (χ0n) is 15.5. The predicted molar refractivity (Wildman–Crippen MR) is 105 cm³/mol. The second-order valence-electron chi connectivity index (χ2n) is 7.61. The number of likely N-dealkylation sites (tertiary alicyclic amines) is 1. The van der Waals surface area contributed by atoms with E-state index in [9.17, 15) is 4.79 Å². The number of piperidine rings is 1. The molecule has 0 radical (unpaired) electrons. The van der Waals surface area contributed by atoms with Crippen LogP contribution in [0.2, 0.25) is 0 Å². The van der Waals surface area contributed by atoms with Gasteiger partial charge < -0.3 is 10.2 Å². The van der Waals surface area contributed by atoms with Gasteiger partial charge in [-0.15, -0.1) is 0 Å². The molecule has 26 heavy (non-hydrogen) atoms. The molecule has 5 nitrogen and oxygen atoms in total. The predicted octanol–water partition coefficient (Wildman–Crippen LogP) is 2.92. The molecule has 0 aliphatic carbocycles. The van der Waals surface area contributed by atoms with Gasteiger partial charge in [-0.3, -0.25) is 14.8 Å². The van der Waals surface area contributed by atoms with Crippen molar-refractivity contribution in [1.29, 1.82) is 0 Å². The Hall–Kier alpha value is -2.27. The Morgan fingerprint density at radius 1 is 1.27 bits per heavy atom. The van der Waals surface area contributed by atoms with Crippen LogP contribution in [-0.4, -0.2) is 48.7 Å². The Labute approximate surface area is 154 Å². The van der Waals surface area contributed by atoms with E-state index in [1.54, 1.807) is 7.05 Å². The molecular weight excluding hydrogens is 324 g/mol. The smallest absolute Gasteiger partial charge is 0.221 e. The molecule has 3 heterocycles. The number of hydrogen-bond acceptors (Lipinski definition) is 4. The molecule has 2 aromatic rings. The van der Waals surface area contributed by atoms with Crippen molar-refractivity contribution in [2.24, 2.45) is 10.9 Å². The summed E-state index contributed by atoms with van der Waals surface area (Å²) in [6.07, 6.45) is 5.60. The summed E-state index contributed by atoms with van der Waals surface area (Å²) in [7, 11) is 1.70. The molecule has 1 saturated heterocycles. The zero-order chi connectivity index (χ0) is 18.1. The van der Waals surface area contributed by atoms with E-state index in [1.807, 2.05) is 18.5 Å². The maximum Gasteiger partial charge on any atom is 0.221 e. The molecule has 1 amide bonds. The van der Waals surface area contributed by atoms with E-state index >= 15 is 0 Å². The van der Waals surface area contributed by atoms with Gasteiger partial charge in [0.25, 0.3) is 0 Å². The van der Waals surface area contributed by atoms with Gasteiger partial charge in [0.15, 0.2) is 0 Å². The van der Waals surface area contributed by atoms with Gasteiger partial charge in [-0.2, -0.15) is 0 Å². The molecule has 2 aliphatic rings. The standard InChI is InChI=1S/C21H26N4O/c1-14-10-15(13-25(12-14)9-7-20(26)22-2)16-5-6-18(19-11-24-19)21-17(16)4-3-8-23-21/h3-6,8,11,14-15,19H,7,9-10,12-13H2,1-2H3,(H,22,26). The van der Waals surface area contributed by atoms with Crippen LogP contribution in [0.15, 0.2) is 35.5 Å². The van der Waals surface area contributed by atoms with Crippen molar-refractivity contribution >= 4 is 23.0 Å². The first-order valence-electron chi connectivity index (χ1n) is 9.49. The molecule has 3 atom stereocenters. The summed E-state index contributed by atoms with van der Waals surface area (Å²) in [6.45, 7) is 5.21. The molecule has 0 spiro atoms. The lowest BCUT2D eigenvalue weighted by molar-refractivity contribution is -0.121. The fourth-order valence-electron chi connectivity index (χ4n) is 4.27. The number of pyridine rings is 1. The maximum atomic E-state index is 11.6. The summed E-state index contributed by atoms with van der Waals surface area (Å²) >= 11 is 0. The summed E-state index contributed by atoms with van der Waals surface area (Å²) in [4.78, 5) is 23.0. The van der Waals surface area contributed by atoms with Gasteiger partial charge in [-0.1, -0.05) is 25.1 Å². The minimum Gasteiger partial charge on any atom is -0.359 e. The summed E-state index contributed by atoms with van der Waals surface area (Å²) < 4.78 is 0. The van der Waals surface area contributed by atoms with Crippen LogP contribution in [0.1, 0.15) is 42.9 Å². The molecule has 1 fully saturated rings. The summed E-state index contributed by atoms with van der Waals surface area (Å²) in [5.74, 6) is 1.21. The molecule has 3 unspecified atom stereocenters. The average Bonchev–Trinajstić information content (AvgIpc) is 3.50. The molecule has 1 N–H and O–H groups in total. The Bertz CT molecular complexity index is 841. The van der Waals surface area contributed by atoms with Gasteiger partial charge in [0, 0.05) is 56.5 Å². The number of benzene rings is 1. The number of carbonyl (C=O) groups excluding carboxylic acids is 1. The van der Waals surface area contributed by atoms with Crippen LogP contribution in [0, 0.1) is 5.92 Å². The van der Waals surface area contributed by atoms with Gasteiger partial charge in [-0.05, 0) is 29.9 Å². The second-order valence-corrected chi connectivity index (χ2v) is 7.61. The Kier molecular flexibility index (Phi) is 4.72. The number of fused-ring (bicyclic) bond motifs is 1. The first kappa shape index (κ1) is 17.2. The van der Waals surface area contributed by atoms with Gasteiger partial charge >= 0.3 is 0 Å². The molecule has 2 aliphatic heterocycles. The highest BCUT2D eigenvalue weighted by atomic mass is 16.1. The van der Waals surface area contributed by atoms with Crippen molar-refractivity contribution < 1.29 is 4.79 Å². The van der Waals surface area contributed by atoms with Gasteiger partial charge in [0.2, 0.25) is 5.91 Å². The summed E-state index contributed by atoms with van der Waals surface area (Å²) in [5, 5.41) is 3.98. The van der Waals surface area contributed by atoms with Crippen LogP contribution in [-0.2, 0) is 4.79 Å².